The average Bonchev–Trinajstić information content (AvgIpc) is 2.39. The van der Waals surface area contributed by atoms with Crippen LogP contribution < -0.4 is 0 Å². The molecule has 0 nitrogen and oxygen atoms in total. The molecule has 0 aliphatic rings. The Balaban J connectivity index is 2.29. The Morgan fingerprint density at radius 2 is 1.05 bits per heavy atom. The van der Waals surface area contributed by atoms with Gasteiger partial charge in [-0.15, -0.1) is 12.2 Å². The highest BCUT2D eigenvalue weighted by molar-refractivity contribution is 9.20. The zero-order valence-electron chi connectivity index (χ0n) is 10.1. The van der Waals surface area contributed by atoms with Crippen molar-refractivity contribution in [2.75, 3.05) is 0 Å². The van der Waals surface area contributed by atoms with Gasteiger partial charge in [0.05, 0.1) is 29.9 Å². The third-order valence-corrected chi connectivity index (χ3v) is 12.3. The molecule has 112 valence electrons. The van der Waals surface area contributed by atoms with Crippen LogP contribution in [0.1, 0.15) is 0 Å². The fourth-order valence-electron chi connectivity index (χ4n) is 1.39. The van der Waals surface area contributed by atoms with Crippen molar-refractivity contribution in [3.8, 4) is 0 Å². The van der Waals surface area contributed by atoms with Gasteiger partial charge in [-0.1, -0.05) is 93.1 Å². The summed E-state index contributed by atoms with van der Waals surface area (Å²) in [5.74, 6) is 0. The minimum atomic E-state index is -2.22. The van der Waals surface area contributed by atoms with E-state index in [1.54, 1.807) is 36.4 Å². The van der Waals surface area contributed by atoms with E-state index in [1.807, 2.05) is 0 Å². The van der Waals surface area contributed by atoms with Crippen LogP contribution in [0, 0.1) is 0 Å². The Hall–Kier alpha value is 1.30. The molecule has 0 heterocycles. The molecule has 0 fully saturated rings. The quantitative estimate of drug-likeness (QED) is 0.366. The second-order valence-electron chi connectivity index (χ2n) is 3.75. The molecule has 0 N–H and O–H groups in total. The van der Waals surface area contributed by atoms with Gasteiger partial charge in [0.15, 0.2) is 0 Å². The normalized spacial score (nSPS) is 11.7. The van der Waals surface area contributed by atoms with E-state index in [4.69, 9.17) is 58.2 Å². The predicted octanol–water partition coefficient (Wildman–Crippen LogP) is 8.34. The number of halogens is 4. The number of hydrogen-bond donors (Lipinski definition) is 1. The van der Waals surface area contributed by atoms with E-state index in [-0.39, 0.29) is 0 Å². The Bertz CT molecular complexity index is 624. The highest BCUT2D eigenvalue weighted by Gasteiger charge is 2.22. The molecule has 2 rings (SSSR count). The Morgan fingerprint density at radius 3 is 1.33 bits per heavy atom. The summed E-state index contributed by atoms with van der Waals surface area (Å²) in [7, 11) is 0. The van der Waals surface area contributed by atoms with Crippen LogP contribution in [0.25, 0.3) is 0 Å². The second-order valence-corrected chi connectivity index (χ2v) is 19.8. The molecular formula is C12H7Cl4PS4. The highest BCUT2D eigenvalue weighted by atomic mass is 35.5. The largest absolute Gasteiger partial charge is 0.121 e. The van der Waals surface area contributed by atoms with Gasteiger partial charge in [0.25, 0.3) is 0 Å². The minimum Gasteiger partial charge on any atom is -0.121 e. The van der Waals surface area contributed by atoms with Gasteiger partial charge >= 0.3 is 0 Å². The van der Waals surface area contributed by atoms with Crippen molar-refractivity contribution >= 4 is 96.9 Å². The molecule has 0 spiro atoms. The lowest BCUT2D eigenvalue weighted by atomic mass is 10.4. The van der Waals surface area contributed by atoms with Crippen LogP contribution in [-0.2, 0) is 11.8 Å². The van der Waals surface area contributed by atoms with E-state index < -0.39 is 3.64 Å². The van der Waals surface area contributed by atoms with Gasteiger partial charge in [-0.25, -0.2) is 0 Å². The highest BCUT2D eigenvalue weighted by Crippen LogP contribution is 2.78. The van der Waals surface area contributed by atoms with Gasteiger partial charge < -0.3 is 0 Å². The molecule has 0 amide bonds. The van der Waals surface area contributed by atoms with Crippen LogP contribution in [0.5, 0.6) is 0 Å². The molecule has 0 bridgehead atoms. The van der Waals surface area contributed by atoms with Crippen molar-refractivity contribution < 1.29 is 0 Å². The Kier molecular flexibility index (Phi) is 7.02. The SMILES string of the molecule is S=P(S)(Sc1c(Cl)cccc1Cl)Sc1c(Cl)cccc1Cl. The van der Waals surface area contributed by atoms with Crippen LogP contribution in [0.2, 0.25) is 20.1 Å². The van der Waals surface area contributed by atoms with Crippen LogP contribution in [0.4, 0.5) is 0 Å². The van der Waals surface area contributed by atoms with Crippen molar-refractivity contribution in [3.05, 3.63) is 56.5 Å². The maximum Gasteiger partial charge on any atom is 0.115 e. The van der Waals surface area contributed by atoms with Gasteiger partial charge in [0.1, 0.15) is 3.64 Å². The smallest absolute Gasteiger partial charge is 0.115 e. The number of hydrogen-bond acceptors (Lipinski definition) is 3. The Morgan fingerprint density at radius 1 is 0.762 bits per heavy atom. The van der Waals surface area contributed by atoms with Crippen LogP contribution in [-0.4, -0.2) is 0 Å². The van der Waals surface area contributed by atoms with Gasteiger partial charge in [-0.3, -0.25) is 0 Å². The first-order chi connectivity index (χ1) is 9.80. The van der Waals surface area contributed by atoms with E-state index in [0.29, 0.717) is 20.1 Å². The van der Waals surface area contributed by atoms with Crippen molar-refractivity contribution in [2.24, 2.45) is 0 Å². The average molecular weight is 452 g/mol. The summed E-state index contributed by atoms with van der Waals surface area (Å²) in [5.41, 5.74) is 0. The van der Waals surface area contributed by atoms with Crippen LogP contribution in [0.15, 0.2) is 46.2 Å². The lowest BCUT2D eigenvalue weighted by molar-refractivity contribution is 1.47. The number of benzene rings is 2. The van der Waals surface area contributed by atoms with Crippen molar-refractivity contribution in [1.29, 1.82) is 0 Å². The summed E-state index contributed by atoms with van der Waals surface area (Å²) >= 11 is 37.7. The third kappa shape index (κ3) is 5.14. The molecule has 0 aliphatic carbocycles. The van der Waals surface area contributed by atoms with Gasteiger partial charge in [-0.05, 0) is 24.3 Å². The zero-order valence-corrected chi connectivity index (χ0v) is 17.4. The summed E-state index contributed by atoms with van der Waals surface area (Å²) in [6.45, 7) is 0. The molecule has 0 unspecified atom stereocenters. The standard InChI is InChI=1S/C12H7Cl4PS4/c13-7-3-1-4-8(14)11(7)20-17(18,19)21-12-9(15)5-2-6-10(12)16/h1-6H,(H,18,19). The van der Waals surface area contributed by atoms with E-state index in [0.717, 1.165) is 9.79 Å². The monoisotopic (exact) mass is 450 g/mol. The summed E-state index contributed by atoms with van der Waals surface area (Å²) < 4.78 is -2.22. The lowest BCUT2D eigenvalue weighted by Gasteiger charge is -2.17. The molecule has 0 atom stereocenters. The maximum atomic E-state index is 6.17. The molecule has 0 radical (unpaired) electrons. The molecule has 0 saturated heterocycles. The van der Waals surface area contributed by atoms with E-state index in [9.17, 15) is 0 Å². The summed E-state index contributed by atoms with van der Waals surface area (Å²) in [4.78, 5) is 1.46. The van der Waals surface area contributed by atoms with Crippen molar-refractivity contribution in [1.82, 2.24) is 0 Å². The maximum absolute atomic E-state index is 6.17. The predicted molar refractivity (Wildman–Crippen MR) is 108 cm³/mol. The van der Waals surface area contributed by atoms with E-state index in [1.165, 1.54) is 22.8 Å². The molecule has 9 heteroatoms. The van der Waals surface area contributed by atoms with Gasteiger partial charge in [0.2, 0.25) is 0 Å². The first kappa shape index (κ1) is 18.6. The lowest BCUT2D eigenvalue weighted by Crippen LogP contribution is -1.77. The third-order valence-electron chi connectivity index (χ3n) is 2.25. The number of rotatable bonds is 4. The topological polar surface area (TPSA) is 0 Å². The zero-order chi connectivity index (χ0) is 15.6. The molecule has 0 aromatic heterocycles. The summed E-state index contributed by atoms with van der Waals surface area (Å²) in [6.07, 6.45) is 0. The molecule has 0 saturated carbocycles. The first-order valence-electron chi connectivity index (χ1n) is 5.40. The van der Waals surface area contributed by atoms with Gasteiger partial charge in [-0.2, -0.15) is 0 Å². The summed E-state index contributed by atoms with van der Waals surface area (Å²) in [6, 6.07) is 10.7. The second kappa shape index (κ2) is 7.92. The fourth-order valence-corrected chi connectivity index (χ4v) is 11.6. The Labute approximate surface area is 161 Å². The van der Waals surface area contributed by atoms with E-state index >= 15 is 0 Å². The van der Waals surface area contributed by atoms with Crippen molar-refractivity contribution in [3.63, 3.8) is 0 Å². The molecular weight excluding hydrogens is 445 g/mol. The first-order valence-corrected chi connectivity index (χ1v) is 13.7. The number of thiol groups is 1. The molecule has 2 aromatic carbocycles. The molecule has 21 heavy (non-hydrogen) atoms. The fraction of sp³-hybridized carbons (Fsp3) is 0. The summed E-state index contributed by atoms with van der Waals surface area (Å²) in [5, 5.41) is 2.23. The molecule has 2 aromatic rings. The van der Waals surface area contributed by atoms with Crippen LogP contribution in [0.3, 0.4) is 0 Å². The minimum absolute atomic E-state index is 0.557. The van der Waals surface area contributed by atoms with Gasteiger partial charge in [0, 0.05) is 0 Å². The van der Waals surface area contributed by atoms with E-state index in [2.05, 4.69) is 12.2 Å². The van der Waals surface area contributed by atoms with Crippen molar-refractivity contribution in [2.45, 2.75) is 9.79 Å². The molecule has 0 aliphatic heterocycles. The van der Waals surface area contributed by atoms with Crippen LogP contribution >= 0.6 is 85.1 Å².